The number of hydrogen-bond donors (Lipinski definition) is 3. The highest BCUT2D eigenvalue weighted by Crippen LogP contribution is 2.39. The van der Waals surface area contributed by atoms with Crippen molar-refractivity contribution in [1.29, 1.82) is 0 Å². The van der Waals surface area contributed by atoms with Crippen LogP contribution in [0.25, 0.3) is 0 Å². The number of aliphatic hydroxyl groups excluding tert-OH is 1. The van der Waals surface area contributed by atoms with E-state index in [1.807, 2.05) is 0 Å². The molecule has 54 valence electrons. The molecule has 0 aliphatic carbocycles. The SMILES string of the molecule is C=CC(O)P(=O)(O)O.[AlH3]. The molecule has 0 fully saturated rings. The molecule has 4 nitrogen and oxygen atoms in total. The van der Waals surface area contributed by atoms with Crippen molar-refractivity contribution in [2.24, 2.45) is 0 Å². The van der Waals surface area contributed by atoms with Crippen molar-refractivity contribution < 1.29 is 19.5 Å². The Bertz CT molecular complexity index is 130. The van der Waals surface area contributed by atoms with E-state index < -0.39 is 13.4 Å². The third-order valence-corrected chi connectivity index (χ3v) is 1.46. The average Bonchev–Trinajstić information content (AvgIpc) is 1.62. The summed E-state index contributed by atoms with van der Waals surface area (Å²) in [6.07, 6.45) is 0.792. The summed E-state index contributed by atoms with van der Waals surface area (Å²) in [5.74, 6) is -1.72. The van der Waals surface area contributed by atoms with Gasteiger partial charge in [-0.2, -0.15) is 0 Å². The standard InChI is InChI=1S/C3H7O4P.Al.3H/c1-2-3(4)8(5,6)7;;;;/h2-4H,1H2,(H2,5,6,7);;;;. The molecule has 0 aromatic rings. The highest BCUT2D eigenvalue weighted by atomic mass is 31.2. The van der Waals surface area contributed by atoms with Crippen molar-refractivity contribution in [3.63, 3.8) is 0 Å². The molecule has 0 heterocycles. The van der Waals surface area contributed by atoms with Crippen molar-refractivity contribution in [3.05, 3.63) is 12.7 Å². The van der Waals surface area contributed by atoms with Crippen molar-refractivity contribution in [2.45, 2.75) is 5.85 Å². The molecule has 6 heteroatoms. The van der Waals surface area contributed by atoms with Crippen LogP contribution in [-0.2, 0) is 4.57 Å². The molecule has 0 rings (SSSR count). The van der Waals surface area contributed by atoms with Crippen LogP contribution in [0.2, 0.25) is 0 Å². The predicted molar refractivity (Wildman–Crippen MR) is 38.2 cm³/mol. The second kappa shape index (κ2) is 4.24. The molecule has 0 aromatic heterocycles. The zero-order chi connectivity index (χ0) is 6.78. The van der Waals surface area contributed by atoms with Crippen LogP contribution in [0, 0.1) is 0 Å². The Kier molecular flexibility index (Phi) is 5.70. The predicted octanol–water partition coefficient (Wildman–Crippen LogP) is -1.52. The summed E-state index contributed by atoms with van der Waals surface area (Å²) in [5.41, 5.74) is 0. The van der Waals surface area contributed by atoms with Gasteiger partial charge in [0.05, 0.1) is 0 Å². The highest BCUT2D eigenvalue weighted by molar-refractivity contribution is 7.52. The zero-order valence-electron chi connectivity index (χ0n) is 4.06. The number of rotatable bonds is 2. The molecule has 0 bridgehead atoms. The van der Waals surface area contributed by atoms with Gasteiger partial charge in [-0.05, 0) is 0 Å². The first-order valence-corrected chi connectivity index (χ1v) is 3.52. The van der Waals surface area contributed by atoms with Crippen molar-refractivity contribution in [1.82, 2.24) is 0 Å². The van der Waals surface area contributed by atoms with Gasteiger partial charge in [0, 0.05) is 0 Å². The lowest BCUT2D eigenvalue weighted by molar-refractivity contribution is 0.239. The molecule has 9 heavy (non-hydrogen) atoms. The Morgan fingerprint density at radius 3 is 1.89 bits per heavy atom. The lowest BCUT2D eigenvalue weighted by Crippen LogP contribution is -2.00. The number of hydrogen-bond acceptors (Lipinski definition) is 2. The average molecular weight is 168 g/mol. The van der Waals surface area contributed by atoms with E-state index in [0.717, 1.165) is 6.08 Å². The van der Waals surface area contributed by atoms with E-state index in [1.54, 1.807) is 0 Å². The fourth-order valence-corrected chi connectivity index (χ4v) is 0.412. The molecule has 0 spiro atoms. The van der Waals surface area contributed by atoms with Crippen LogP contribution >= 0.6 is 7.60 Å². The minimum absolute atomic E-state index is 0. The topological polar surface area (TPSA) is 77.8 Å². The largest absolute Gasteiger partial charge is 0.377 e. The first-order valence-electron chi connectivity index (χ1n) is 1.84. The summed E-state index contributed by atoms with van der Waals surface area (Å²) in [5, 5.41) is 8.31. The molecule has 3 N–H and O–H groups in total. The van der Waals surface area contributed by atoms with Gasteiger partial charge in [0.2, 0.25) is 0 Å². The van der Waals surface area contributed by atoms with Crippen LogP contribution in [0.1, 0.15) is 0 Å². The van der Waals surface area contributed by atoms with E-state index in [-0.39, 0.29) is 17.4 Å². The van der Waals surface area contributed by atoms with Gasteiger partial charge in [-0.3, -0.25) is 4.57 Å². The molecule has 0 amide bonds. The van der Waals surface area contributed by atoms with E-state index in [1.165, 1.54) is 0 Å². The second-order valence-electron chi connectivity index (χ2n) is 1.24. The van der Waals surface area contributed by atoms with Crippen LogP contribution in [0.4, 0.5) is 0 Å². The molecular weight excluding hydrogens is 158 g/mol. The lowest BCUT2D eigenvalue weighted by atomic mass is 10.7. The summed E-state index contributed by atoms with van der Waals surface area (Å²) >= 11 is 0. The van der Waals surface area contributed by atoms with E-state index in [4.69, 9.17) is 14.9 Å². The molecule has 0 aromatic carbocycles. The minimum atomic E-state index is -4.32. The van der Waals surface area contributed by atoms with Gasteiger partial charge in [0.15, 0.2) is 23.2 Å². The van der Waals surface area contributed by atoms with Gasteiger partial charge in [-0.25, -0.2) is 0 Å². The molecule has 0 saturated carbocycles. The van der Waals surface area contributed by atoms with Crippen molar-refractivity contribution in [3.8, 4) is 0 Å². The van der Waals surface area contributed by atoms with Gasteiger partial charge < -0.3 is 14.9 Å². The third-order valence-electron chi connectivity index (χ3n) is 0.555. The maximum absolute atomic E-state index is 9.94. The summed E-state index contributed by atoms with van der Waals surface area (Å²) < 4.78 is 9.94. The summed E-state index contributed by atoms with van der Waals surface area (Å²) in [4.78, 5) is 16.2. The molecule has 0 saturated heterocycles. The molecule has 0 radical (unpaired) electrons. The van der Waals surface area contributed by atoms with E-state index >= 15 is 0 Å². The quantitative estimate of drug-likeness (QED) is 0.266. The summed E-state index contributed by atoms with van der Waals surface area (Å²) in [6, 6.07) is 0. The van der Waals surface area contributed by atoms with Crippen molar-refractivity contribution >= 4 is 25.0 Å². The van der Waals surface area contributed by atoms with E-state index in [2.05, 4.69) is 6.58 Å². The monoisotopic (exact) mass is 168 g/mol. The van der Waals surface area contributed by atoms with Gasteiger partial charge in [0.1, 0.15) is 0 Å². The Balaban J connectivity index is 0. The zero-order valence-corrected chi connectivity index (χ0v) is 4.95. The van der Waals surface area contributed by atoms with Crippen LogP contribution in [0.3, 0.4) is 0 Å². The van der Waals surface area contributed by atoms with Crippen molar-refractivity contribution in [2.75, 3.05) is 0 Å². The molecular formula is C3H10AlO4P. The van der Waals surface area contributed by atoms with Crippen LogP contribution in [0.15, 0.2) is 12.7 Å². The Morgan fingerprint density at radius 1 is 1.56 bits per heavy atom. The number of aliphatic hydroxyl groups is 1. The lowest BCUT2D eigenvalue weighted by Gasteiger charge is -2.04. The van der Waals surface area contributed by atoms with E-state index in [0.29, 0.717) is 0 Å². The molecule has 0 aliphatic rings. The first-order chi connectivity index (χ1) is 3.48. The van der Waals surface area contributed by atoms with Gasteiger partial charge >= 0.3 is 7.60 Å². The van der Waals surface area contributed by atoms with Crippen LogP contribution < -0.4 is 0 Å². The van der Waals surface area contributed by atoms with Crippen LogP contribution in [-0.4, -0.2) is 38.1 Å². The van der Waals surface area contributed by atoms with Gasteiger partial charge in [0.25, 0.3) is 0 Å². The maximum Gasteiger partial charge on any atom is 0.357 e. The van der Waals surface area contributed by atoms with Gasteiger partial charge in [-0.15, -0.1) is 0 Å². The molecule has 0 aliphatic heterocycles. The normalized spacial score (nSPS) is 13.7. The third kappa shape index (κ3) is 4.86. The Hall–Kier alpha value is 0.382. The fourth-order valence-electron chi connectivity index (χ4n) is 0.137. The summed E-state index contributed by atoms with van der Waals surface area (Å²) in [7, 11) is -4.32. The summed E-state index contributed by atoms with van der Waals surface area (Å²) in [6.45, 7) is 2.98. The van der Waals surface area contributed by atoms with E-state index in [9.17, 15) is 4.57 Å². The maximum atomic E-state index is 9.94. The first kappa shape index (κ1) is 12.1. The molecule has 1 atom stereocenters. The smallest absolute Gasteiger partial charge is 0.357 e. The molecule has 1 unspecified atom stereocenters. The van der Waals surface area contributed by atoms with Crippen LogP contribution in [0.5, 0.6) is 0 Å². The Labute approximate surface area is 63.5 Å². The fraction of sp³-hybridized carbons (Fsp3) is 0.333. The minimum Gasteiger partial charge on any atom is -0.377 e. The highest BCUT2D eigenvalue weighted by Gasteiger charge is 2.21. The Morgan fingerprint density at radius 2 is 1.89 bits per heavy atom. The van der Waals surface area contributed by atoms with Gasteiger partial charge in [-0.1, -0.05) is 12.7 Å². The second-order valence-corrected chi connectivity index (χ2v) is 2.95.